The van der Waals surface area contributed by atoms with E-state index in [1.807, 2.05) is 0 Å². The SMILES string of the molecule is C=C[SiH](O[SiH3])O[SiH](C=C)O[SiH](O[SiH](O[SiH3])C(=C)[SiH3])C(=C)[SiH3]. The van der Waals surface area contributed by atoms with E-state index < -0.39 is 37.1 Å². The van der Waals surface area contributed by atoms with Crippen LogP contribution in [0.3, 0.4) is 0 Å². The van der Waals surface area contributed by atoms with E-state index in [2.05, 4.69) is 26.3 Å². The highest BCUT2D eigenvalue weighted by Crippen LogP contribution is 2.08. The Morgan fingerprint density at radius 3 is 1.62 bits per heavy atom. The minimum atomic E-state index is -2.01. The molecular weight excluding hydrogens is 401 g/mol. The van der Waals surface area contributed by atoms with Gasteiger partial charge in [-0.3, -0.25) is 0 Å². The molecule has 0 bridgehead atoms. The highest BCUT2D eigenvalue weighted by Gasteiger charge is 2.27. The minimum Gasteiger partial charge on any atom is -0.444 e. The Kier molecular flexibility index (Phi) is 12.3. The van der Waals surface area contributed by atoms with Crippen molar-refractivity contribution in [3.63, 3.8) is 0 Å². The topological polar surface area (TPSA) is 46.2 Å². The highest BCUT2D eigenvalue weighted by molar-refractivity contribution is 6.82. The molecule has 0 aliphatic heterocycles. The van der Waals surface area contributed by atoms with Crippen molar-refractivity contribution in [1.82, 2.24) is 0 Å². The van der Waals surface area contributed by atoms with Gasteiger partial charge >= 0.3 is 37.1 Å². The maximum Gasteiger partial charge on any atom is 0.330 e. The molecule has 21 heavy (non-hydrogen) atoms. The second kappa shape index (κ2) is 12.0. The number of hydrogen-bond acceptors (Lipinski definition) is 5. The van der Waals surface area contributed by atoms with Crippen LogP contribution >= 0.6 is 0 Å². The predicted octanol–water partition coefficient (Wildman–Crippen LogP) is -5.20. The fraction of sp³-hybridized carbons (Fsp3) is 0. The smallest absolute Gasteiger partial charge is 0.330 e. The summed E-state index contributed by atoms with van der Waals surface area (Å²) in [5, 5.41) is 0. The van der Waals surface area contributed by atoms with Crippen LogP contribution in [0.25, 0.3) is 0 Å². The average molecular weight is 427 g/mol. The Morgan fingerprint density at radius 2 is 1.29 bits per heavy atom. The normalized spacial score (nSPS) is 17.1. The molecule has 4 unspecified atom stereocenters. The Morgan fingerprint density at radius 1 is 0.762 bits per heavy atom. The van der Waals surface area contributed by atoms with Crippen molar-refractivity contribution in [1.29, 1.82) is 0 Å². The summed E-state index contributed by atoms with van der Waals surface area (Å²) in [6.07, 6.45) is 0. The van der Waals surface area contributed by atoms with Crippen molar-refractivity contribution < 1.29 is 20.6 Å². The van der Waals surface area contributed by atoms with Gasteiger partial charge in [0.05, 0.1) is 0 Å². The molecule has 0 aromatic carbocycles. The van der Waals surface area contributed by atoms with Crippen molar-refractivity contribution in [3.8, 4) is 0 Å². The molecule has 0 aliphatic carbocycles. The van der Waals surface area contributed by atoms with Crippen LogP contribution < -0.4 is 0 Å². The third-order valence-electron chi connectivity index (χ3n) is 2.41. The van der Waals surface area contributed by atoms with Crippen molar-refractivity contribution in [2.45, 2.75) is 0 Å². The molecule has 13 heteroatoms. The lowest BCUT2D eigenvalue weighted by atomic mass is 11.2. The zero-order valence-electron chi connectivity index (χ0n) is 13.3. The van der Waals surface area contributed by atoms with Crippen LogP contribution in [0.5, 0.6) is 0 Å². The van der Waals surface area contributed by atoms with Gasteiger partial charge in [0, 0.05) is 20.5 Å². The molecule has 0 rings (SSSR count). The molecule has 5 nitrogen and oxygen atoms in total. The maximum atomic E-state index is 6.11. The Balaban J connectivity index is 4.80. The monoisotopic (exact) mass is 426 g/mol. The summed E-state index contributed by atoms with van der Waals surface area (Å²) >= 11 is 0. The van der Waals surface area contributed by atoms with E-state index in [0.717, 1.165) is 30.1 Å². The lowest BCUT2D eigenvalue weighted by molar-refractivity contribution is 0.352. The van der Waals surface area contributed by atoms with E-state index in [4.69, 9.17) is 20.6 Å². The van der Waals surface area contributed by atoms with E-state index in [1.165, 1.54) is 0 Å². The Labute approximate surface area is 146 Å². The number of rotatable bonds is 12. The second-order valence-electron chi connectivity index (χ2n) is 4.44. The predicted molar refractivity (Wildman–Crippen MR) is 112 cm³/mol. The zero-order chi connectivity index (χ0) is 16.4. The van der Waals surface area contributed by atoms with E-state index in [0.29, 0.717) is 21.0 Å². The molecule has 0 amide bonds. The van der Waals surface area contributed by atoms with E-state index >= 15 is 0 Å². The third kappa shape index (κ3) is 8.63. The van der Waals surface area contributed by atoms with Gasteiger partial charge in [-0.25, -0.2) is 0 Å². The summed E-state index contributed by atoms with van der Waals surface area (Å²) < 4.78 is 29.1. The van der Waals surface area contributed by atoms with Gasteiger partial charge in [0.15, 0.2) is 0 Å². The molecule has 0 aromatic rings. The fourth-order valence-corrected chi connectivity index (χ4v) is 21.1. The molecule has 0 aromatic heterocycles. The van der Waals surface area contributed by atoms with Crippen LogP contribution in [-0.2, 0) is 20.6 Å². The summed E-state index contributed by atoms with van der Waals surface area (Å²) in [5.41, 5.74) is 3.51. The van der Waals surface area contributed by atoms with Crippen LogP contribution in [-0.4, -0.2) is 78.6 Å². The molecule has 4 atom stereocenters. The summed E-state index contributed by atoms with van der Waals surface area (Å²) in [6.45, 7) is 15.6. The van der Waals surface area contributed by atoms with Gasteiger partial charge in [-0.05, 0) is 0 Å². The zero-order valence-corrected chi connectivity index (χ0v) is 26.0. The summed E-state index contributed by atoms with van der Waals surface area (Å²) in [7, 11) is -4.59. The van der Waals surface area contributed by atoms with Gasteiger partial charge in [-0.15, -0.1) is 26.3 Å². The molecule has 0 heterocycles. The molecule has 0 fully saturated rings. The molecule has 0 radical (unpaired) electrons. The van der Waals surface area contributed by atoms with Gasteiger partial charge in [0.2, 0.25) is 0 Å². The van der Waals surface area contributed by atoms with Gasteiger partial charge in [0.1, 0.15) is 21.0 Å². The molecule has 0 aliphatic rings. The fourth-order valence-electron chi connectivity index (χ4n) is 1.35. The molecule has 120 valence electrons. The average Bonchev–Trinajstić information content (AvgIpc) is 2.46. The highest BCUT2D eigenvalue weighted by atomic mass is 28.5. The van der Waals surface area contributed by atoms with Crippen molar-refractivity contribution in [2.75, 3.05) is 0 Å². The number of hydrogen-bond donors (Lipinski definition) is 0. The van der Waals surface area contributed by atoms with Crippen LogP contribution in [0.2, 0.25) is 0 Å². The van der Waals surface area contributed by atoms with Gasteiger partial charge < -0.3 is 20.6 Å². The van der Waals surface area contributed by atoms with Crippen LogP contribution in [0, 0.1) is 0 Å². The van der Waals surface area contributed by atoms with Crippen LogP contribution in [0.1, 0.15) is 0 Å². The van der Waals surface area contributed by atoms with E-state index in [-0.39, 0.29) is 0 Å². The van der Waals surface area contributed by atoms with Crippen LogP contribution in [0.4, 0.5) is 0 Å². The maximum absolute atomic E-state index is 6.11. The molecule has 0 saturated carbocycles. The van der Waals surface area contributed by atoms with E-state index in [9.17, 15) is 0 Å². The summed E-state index contributed by atoms with van der Waals surface area (Å²) in [6, 6.07) is 0. The van der Waals surface area contributed by atoms with Crippen molar-refractivity contribution in [2.24, 2.45) is 0 Å². The molecule has 0 spiro atoms. The third-order valence-corrected chi connectivity index (χ3v) is 17.4. The van der Waals surface area contributed by atoms with Crippen molar-refractivity contribution in [3.05, 3.63) is 47.4 Å². The molecular formula is C8H26O5Si8. The first-order chi connectivity index (χ1) is 9.89. The van der Waals surface area contributed by atoms with Gasteiger partial charge in [0.25, 0.3) is 0 Å². The first-order valence-electron chi connectivity index (χ1n) is 6.47. The standard InChI is InChI=1S/C8H26O5Si8/c1-5-18(9-16)11-19(6-2)12-21(8(4)15)13-20(10-17)7(3)14/h5-6,18-21H,1-4H2,14-17H3. The lowest BCUT2D eigenvalue weighted by Crippen LogP contribution is -2.43. The van der Waals surface area contributed by atoms with Gasteiger partial charge in [-0.2, -0.15) is 0 Å². The summed E-state index contributed by atoms with van der Waals surface area (Å²) in [4.78, 5) is 2.16. The summed E-state index contributed by atoms with van der Waals surface area (Å²) in [5.74, 6) is 0. The first kappa shape index (κ1) is 21.5. The largest absolute Gasteiger partial charge is 0.444 e. The molecule has 0 N–H and O–H groups in total. The first-order valence-corrected chi connectivity index (χ1v) is 16.4. The second-order valence-corrected chi connectivity index (χ2v) is 22.1. The van der Waals surface area contributed by atoms with Gasteiger partial charge in [-0.1, -0.05) is 21.0 Å². The molecule has 0 saturated heterocycles. The van der Waals surface area contributed by atoms with Crippen LogP contribution in [0.15, 0.2) is 47.4 Å². The Bertz CT molecular complexity index is 380. The van der Waals surface area contributed by atoms with E-state index in [1.54, 1.807) is 11.4 Å². The quantitative estimate of drug-likeness (QED) is 0.292. The lowest BCUT2D eigenvalue weighted by Gasteiger charge is -2.26. The Hall–Kier alpha value is 0.495. The van der Waals surface area contributed by atoms with Crippen molar-refractivity contribution >= 4 is 78.6 Å². The minimum absolute atomic E-state index is 0.633.